The number of rotatable bonds is 2. The fraction of sp³-hybridized carbons (Fsp3) is 0.476. The third-order valence-electron chi connectivity index (χ3n) is 5.82. The van der Waals surface area contributed by atoms with Crippen LogP contribution in [0.1, 0.15) is 33.9 Å². The second-order valence-electron chi connectivity index (χ2n) is 7.95. The molecule has 7 heteroatoms. The zero-order chi connectivity index (χ0) is 20.0. The van der Waals surface area contributed by atoms with Crippen LogP contribution in [0.2, 0.25) is 0 Å². The minimum atomic E-state index is -0.147. The first-order chi connectivity index (χ1) is 13.3. The molecule has 148 valence electrons. The number of carbonyl (C=O) groups is 1. The van der Waals surface area contributed by atoms with Gasteiger partial charge in [0.25, 0.3) is 5.91 Å². The number of benzene rings is 1. The van der Waals surface area contributed by atoms with Crippen LogP contribution in [0, 0.1) is 20.8 Å². The van der Waals surface area contributed by atoms with Crippen LogP contribution in [0.25, 0.3) is 0 Å². The number of nitrogens with two attached hydrogens (primary N) is 1. The summed E-state index contributed by atoms with van der Waals surface area (Å²) in [6.07, 6.45) is 0.941. The van der Waals surface area contributed by atoms with E-state index in [0.717, 1.165) is 54.5 Å². The number of aryl methyl sites for hydroxylation is 2. The zero-order valence-corrected chi connectivity index (χ0v) is 17.1. The maximum Gasteiger partial charge on any atom is 0.296 e. The molecule has 2 N–H and O–H groups in total. The molecule has 2 aromatic rings. The molecule has 7 nitrogen and oxygen atoms in total. The molecule has 1 saturated heterocycles. The van der Waals surface area contributed by atoms with E-state index in [4.69, 9.17) is 5.73 Å². The average Bonchev–Trinajstić information content (AvgIpc) is 3.10. The number of amides is 1. The van der Waals surface area contributed by atoms with Gasteiger partial charge in [-0.25, -0.2) is 9.97 Å². The first kappa shape index (κ1) is 18.7. The largest absolute Gasteiger partial charge is 0.371 e. The second-order valence-corrected chi connectivity index (χ2v) is 7.95. The molecule has 2 aliphatic heterocycles. The Bertz CT molecular complexity index is 927. The highest BCUT2D eigenvalue weighted by molar-refractivity contribution is 6.06. The Kier molecular flexibility index (Phi) is 4.71. The lowest BCUT2D eigenvalue weighted by Gasteiger charge is -2.35. The minimum Gasteiger partial charge on any atom is -0.371 e. The molecule has 0 saturated carbocycles. The molecule has 1 atom stereocenters. The predicted octanol–water partition coefficient (Wildman–Crippen LogP) is 2.04. The molecule has 4 rings (SSSR count). The third-order valence-corrected chi connectivity index (χ3v) is 5.82. The molecule has 0 radical (unpaired) electrons. The average molecular weight is 380 g/mol. The van der Waals surface area contributed by atoms with E-state index in [1.807, 2.05) is 26.0 Å². The predicted molar refractivity (Wildman–Crippen MR) is 112 cm³/mol. The number of likely N-dealkylation sites (N-methyl/N-ethyl adjacent to an activating group) is 1. The fourth-order valence-corrected chi connectivity index (χ4v) is 3.99. The summed E-state index contributed by atoms with van der Waals surface area (Å²) < 4.78 is 0. The Morgan fingerprint density at radius 2 is 1.89 bits per heavy atom. The van der Waals surface area contributed by atoms with Crippen molar-refractivity contribution in [2.75, 3.05) is 47.9 Å². The van der Waals surface area contributed by atoms with Gasteiger partial charge in [-0.2, -0.15) is 0 Å². The van der Waals surface area contributed by atoms with E-state index in [1.54, 1.807) is 4.90 Å². The normalized spacial score (nSPS) is 19.2. The molecular weight excluding hydrogens is 352 g/mol. The van der Waals surface area contributed by atoms with E-state index in [1.165, 1.54) is 5.56 Å². The summed E-state index contributed by atoms with van der Waals surface area (Å²) >= 11 is 0. The van der Waals surface area contributed by atoms with Crippen molar-refractivity contribution in [2.24, 2.45) is 5.73 Å². The molecule has 1 amide bonds. The van der Waals surface area contributed by atoms with Crippen LogP contribution in [0.3, 0.4) is 0 Å². The van der Waals surface area contributed by atoms with Crippen LogP contribution < -0.4 is 20.4 Å². The molecule has 0 unspecified atom stereocenters. The van der Waals surface area contributed by atoms with Crippen LogP contribution in [-0.2, 0) is 0 Å². The van der Waals surface area contributed by atoms with Gasteiger partial charge in [0.15, 0.2) is 0 Å². The van der Waals surface area contributed by atoms with Gasteiger partial charge < -0.3 is 20.4 Å². The van der Waals surface area contributed by atoms with E-state index in [2.05, 4.69) is 39.8 Å². The minimum absolute atomic E-state index is 0.147. The molecule has 0 bridgehead atoms. The molecule has 1 fully saturated rings. The van der Waals surface area contributed by atoms with E-state index in [-0.39, 0.29) is 17.8 Å². The quantitative estimate of drug-likeness (QED) is 0.859. The molecule has 1 aromatic heterocycles. The van der Waals surface area contributed by atoms with Crippen molar-refractivity contribution in [1.82, 2.24) is 9.97 Å². The molecule has 2 aliphatic rings. The number of hydrogen-bond donors (Lipinski definition) is 1. The number of fused-ring (bicyclic) bond motifs is 1. The first-order valence-corrected chi connectivity index (χ1v) is 9.84. The Morgan fingerprint density at radius 1 is 1.11 bits per heavy atom. The highest BCUT2D eigenvalue weighted by Gasteiger charge is 2.30. The van der Waals surface area contributed by atoms with Crippen LogP contribution in [0.5, 0.6) is 0 Å². The van der Waals surface area contributed by atoms with Gasteiger partial charge in [-0.05, 0) is 44.9 Å². The lowest BCUT2D eigenvalue weighted by Crippen LogP contribution is -2.43. The standard InChI is InChI=1S/C21H28N6O/c1-13-5-6-17-18(11-13)25(4)9-10-27(17)21(28)19-23-15(3)14(2)20(24-19)26-8-7-16(22)12-26/h5-6,11,16H,7-10,12,22H2,1-4H3/t16-/m1/s1. The van der Waals surface area contributed by atoms with Gasteiger partial charge in [0.1, 0.15) is 5.82 Å². The Morgan fingerprint density at radius 3 is 2.61 bits per heavy atom. The van der Waals surface area contributed by atoms with Crippen molar-refractivity contribution in [3.05, 3.63) is 40.8 Å². The summed E-state index contributed by atoms with van der Waals surface area (Å²) in [7, 11) is 2.06. The van der Waals surface area contributed by atoms with Crippen molar-refractivity contribution < 1.29 is 4.79 Å². The number of anilines is 3. The van der Waals surface area contributed by atoms with Crippen LogP contribution >= 0.6 is 0 Å². The molecule has 0 spiro atoms. The van der Waals surface area contributed by atoms with Gasteiger partial charge in [0, 0.05) is 50.5 Å². The van der Waals surface area contributed by atoms with Crippen molar-refractivity contribution in [3.8, 4) is 0 Å². The van der Waals surface area contributed by atoms with E-state index < -0.39 is 0 Å². The molecule has 28 heavy (non-hydrogen) atoms. The van der Waals surface area contributed by atoms with Gasteiger partial charge in [-0.3, -0.25) is 4.79 Å². The highest BCUT2D eigenvalue weighted by Crippen LogP contribution is 2.34. The lowest BCUT2D eigenvalue weighted by molar-refractivity contribution is 0.0976. The highest BCUT2D eigenvalue weighted by atomic mass is 16.2. The number of carbonyl (C=O) groups excluding carboxylic acids is 1. The SMILES string of the molecule is Cc1ccc2c(c1)N(C)CCN2C(=O)c1nc(C)c(C)c(N2CC[C@@H](N)C2)n1. The van der Waals surface area contributed by atoms with Gasteiger partial charge >= 0.3 is 0 Å². The van der Waals surface area contributed by atoms with Crippen molar-refractivity contribution in [3.63, 3.8) is 0 Å². The molecule has 1 aromatic carbocycles. The van der Waals surface area contributed by atoms with E-state index in [0.29, 0.717) is 6.54 Å². The number of nitrogens with zero attached hydrogens (tertiary/aromatic N) is 5. The lowest BCUT2D eigenvalue weighted by atomic mass is 10.1. The second kappa shape index (κ2) is 7.05. The first-order valence-electron chi connectivity index (χ1n) is 9.84. The Hall–Kier alpha value is -2.67. The fourth-order valence-electron chi connectivity index (χ4n) is 3.99. The summed E-state index contributed by atoms with van der Waals surface area (Å²) in [5, 5.41) is 0. The summed E-state index contributed by atoms with van der Waals surface area (Å²) in [5.41, 5.74) is 11.1. The van der Waals surface area contributed by atoms with Gasteiger partial charge in [-0.15, -0.1) is 0 Å². The molecule has 3 heterocycles. The molecular formula is C21H28N6O. The summed E-state index contributed by atoms with van der Waals surface area (Å²) in [6, 6.07) is 6.32. The van der Waals surface area contributed by atoms with Crippen molar-refractivity contribution >= 4 is 23.1 Å². The monoisotopic (exact) mass is 380 g/mol. The zero-order valence-electron chi connectivity index (χ0n) is 17.1. The third kappa shape index (κ3) is 3.20. The van der Waals surface area contributed by atoms with E-state index >= 15 is 0 Å². The Balaban J connectivity index is 1.71. The van der Waals surface area contributed by atoms with Crippen LogP contribution in [-0.4, -0.2) is 55.1 Å². The number of aromatic nitrogens is 2. The van der Waals surface area contributed by atoms with Gasteiger partial charge in [-0.1, -0.05) is 6.07 Å². The van der Waals surface area contributed by atoms with Crippen molar-refractivity contribution in [1.29, 1.82) is 0 Å². The van der Waals surface area contributed by atoms with Crippen LogP contribution in [0.4, 0.5) is 17.2 Å². The maximum absolute atomic E-state index is 13.4. The topological polar surface area (TPSA) is 78.6 Å². The van der Waals surface area contributed by atoms with Crippen molar-refractivity contribution in [2.45, 2.75) is 33.2 Å². The Labute approximate surface area is 166 Å². The number of hydrogen-bond acceptors (Lipinski definition) is 6. The summed E-state index contributed by atoms with van der Waals surface area (Å²) in [4.78, 5) is 28.8. The van der Waals surface area contributed by atoms with Gasteiger partial charge in [0.2, 0.25) is 5.82 Å². The van der Waals surface area contributed by atoms with Crippen LogP contribution in [0.15, 0.2) is 18.2 Å². The summed E-state index contributed by atoms with van der Waals surface area (Å²) in [5.74, 6) is 0.947. The molecule has 0 aliphatic carbocycles. The van der Waals surface area contributed by atoms with E-state index in [9.17, 15) is 4.79 Å². The smallest absolute Gasteiger partial charge is 0.296 e. The maximum atomic E-state index is 13.4. The van der Waals surface area contributed by atoms with Gasteiger partial charge in [0.05, 0.1) is 11.4 Å². The summed E-state index contributed by atoms with van der Waals surface area (Å²) in [6.45, 7) is 9.04.